The summed E-state index contributed by atoms with van der Waals surface area (Å²) < 4.78 is 1.51. The molecule has 0 fully saturated rings. The second-order valence-corrected chi connectivity index (χ2v) is 3.45. The van der Waals surface area contributed by atoms with Crippen LogP contribution in [-0.4, -0.2) is 25.8 Å². The van der Waals surface area contributed by atoms with Gasteiger partial charge in [0.25, 0.3) is 0 Å². The monoisotopic (exact) mass is 236 g/mol. The van der Waals surface area contributed by atoms with E-state index in [1.807, 2.05) is 0 Å². The van der Waals surface area contributed by atoms with Gasteiger partial charge >= 0.3 is 5.97 Å². The van der Waals surface area contributed by atoms with Crippen LogP contribution in [0.25, 0.3) is 5.69 Å². The van der Waals surface area contributed by atoms with E-state index in [2.05, 4.69) is 22.8 Å². The van der Waals surface area contributed by atoms with Gasteiger partial charge in [0.1, 0.15) is 0 Å². The number of thiol groups is 1. The van der Waals surface area contributed by atoms with E-state index in [0.717, 1.165) is 0 Å². The SMILES string of the molecule is Nc1nnc(S)n1-c1ccc(C(=O)O)cc1. The second kappa shape index (κ2) is 3.86. The zero-order valence-corrected chi connectivity index (χ0v) is 8.93. The van der Waals surface area contributed by atoms with E-state index >= 15 is 0 Å². The minimum atomic E-state index is -0.977. The Morgan fingerprint density at radius 3 is 2.38 bits per heavy atom. The molecule has 0 unspecified atom stereocenters. The fourth-order valence-corrected chi connectivity index (χ4v) is 1.55. The summed E-state index contributed by atoms with van der Waals surface area (Å²) in [5, 5.41) is 16.4. The number of nitrogen functional groups attached to an aromatic ring is 1. The van der Waals surface area contributed by atoms with Gasteiger partial charge in [-0.15, -0.1) is 22.8 Å². The van der Waals surface area contributed by atoms with Crippen molar-refractivity contribution in [2.75, 3.05) is 5.73 Å². The van der Waals surface area contributed by atoms with Crippen molar-refractivity contribution in [1.29, 1.82) is 0 Å². The quantitative estimate of drug-likeness (QED) is 0.671. The van der Waals surface area contributed by atoms with E-state index in [4.69, 9.17) is 10.8 Å². The minimum absolute atomic E-state index is 0.202. The number of nitrogens with zero attached hydrogens (tertiary/aromatic N) is 3. The number of aromatic carboxylic acids is 1. The number of hydrogen-bond acceptors (Lipinski definition) is 5. The van der Waals surface area contributed by atoms with Gasteiger partial charge in [0.15, 0.2) is 5.16 Å². The van der Waals surface area contributed by atoms with Gasteiger partial charge in [-0.25, -0.2) is 4.79 Å². The maximum absolute atomic E-state index is 10.7. The maximum atomic E-state index is 10.7. The first kappa shape index (κ1) is 10.5. The molecule has 0 atom stereocenters. The number of aromatic nitrogens is 3. The highest BCUT2D eigenvalue weighted by atomic mass is 32.1. The number of nitrogens with two attached hydrogens (primary N) is 1. The molecule has 0 saturated carbocycles. The van der Waals surface area contributed by atoms with E-state index in [-0.39, 0.29) is 11.5 Å². The summed E-state index contributed by atoms with van der Waals surface area (Å²) in [7, 11) is 0. The van der Waals surface area contributed by atoms with Crippen molar-refractivity contribution in [3.8, 4) is 5.69 Å². The van der Waals surface area contributed by atoms with Gasteiger partial charge in [0.05, 0.1) is 11.3 Å². The number of carbonyl (C=O) groups is 1. The van der Waals surface area contributed by atoms with Crippen LogP contribution in [0.5, 0.6) is 0 Å². The summed E-state index contributed by atoms with van der Waals surface area (Å²) in [4.78, 5) is 10.7. The van der Waals surface area contributed by atoms with E-state index in [9.17, 15) is 4.79 Å². The predicted molar refractivity (Wildman–Crippen MR) is 60.0 cm³/mol. The van der Waals surface area contributed by atoms with E-state index in [1.165, 1.54) is 16.7 Å². The molecule has 3 N–H and O–H groups in total. The highest BCUT2D eigenvalue weighted by molar-refractivity contribution is 7.80. The molecule has 2 rings (SSSR count). The van der Waals surface area contributed by atoms with Crippen molar-refractivity contribution in [3.05, 3.63) is 29.8 Å². The molecule has 0 aliphatic carbocycles. The molecule has 0 aliphatic heterocycles. The minimum Gasteiger partial charge on any atom is -0.478 e. The molecule has 82 valence electrons. The van der Waals surface area contributed by atoms with E-state index in [0.29, 0.717) is 10.8 Å². The lowest BCUT2D eigenvalue weighted by atomic mass is 10.2. The van der Waals surface area contributed by atoms with Crippen molar-refractivity contribution >= 4 is 24.5 Å². The van der Waals surface area contributed by atoms with Gasteiger partial charge in [0.2, 0.25) is 5.95 Å². The van der Waals surface area contributed by atoms with Gasteiger partial charge in [-0.3, -0.25) is 4.57 Å². The van der Waals surface area contributed by atoms with Crippen LogP contribution >= 0.6 is 12.6 Å². The molecule has 1 aromatic carbocycles. The number of carboxylic acids is 1. The van der Waals surface area contributed by atoms with Gasteiger partial charge in [-0.05, 0) is 24.3 Å². The number of benzene rings is 1. The van der Waals surface area contributed by atoms with Crippen LogP contribution in [0.1, 0.15) is 10.4 Å². The number of carboxylic acid groups (broad SMARTS) is 1. The molecule has 0 saturated heterocycles. The van der Waals surface area contributed by atoms with Crippen LogP contribution in [0.2, 0.25) is 0 Å². The summed E-state index contributed by atoms with van der Waals surface area (Å²) in [6, 6.07) is 6.18. The second-order valence-electron chi connectivity index (χ2n) is 3.05. The van der Waals surface area contributed by atoms with Crippen LogP contribution in [0, 0.1) is 0 Å². The van der Waals surface area contributed by atoms with Crippen LogP contribution in [-0.2, 0) is 0 Å². The molecule has 1 aromatic heterocycles. The van der Waals surface area contributed by atoms with Crippen molar-refractivity contribution < 1.29 is 9.90 Å². The topological polar surface area (TPSA) is 94.0 Å². The smallest absolute Gasteiger partial charge is 0.335 e. The average Bonchev–Trinajstić information content (AvgIpc) is 2.59. The first-order valence-corrected chi connectivity index (χ1v) is 4.78. The molecular weight excluding hydrogens is 228 g/mol. The van der Waals surface area contributed by atoms with Crippen molar-refractivity contribution in [2.45, 2.75) is 5.16 Å². The van der Waals surface area contributed by atoms with Crippen LogP contribution in [0.15, 0.2) is 29.4 Å². The normalized spacial score (nSPS) is 10.3. The highest BCUT2D eigenvalue weighted by Crippen LogP contribution is 2.17. The lowest BCUT2D eigenvalue weighted by Crippen LogP contribution is -2.02. The number of anilines is 1. The fraction of sp³-hybridized carbons (Fsp3) is 0. The van der Waals surface area contributed by atoms with Gasteiger partial charge in [-0.2, -0.15) is 0 Å². The van der Waals surface area contributed by atoms with Crippen molar-refractivity contribution in [1.82, 2.24) is 14.8 Å². The molecule has 7 heteroatoms. The number of rotatable bonds is 2. The molecule has 0 radical (unpaired) electrons. The standard InChI is InChI=1S/C9H8N4O2S/c10-8-11-12-9(16)13(8)6-3-1-5(2-4-6)7(14)15/h1-4H,(H2,10,11)(H,12,16)(H,14,15). The molecule has 6 nitrogen and oxygen atoms in total. The molecular formula is C9H8N4O2S. The third-order valence-electron chi connectivity index (χ3n) is 2.04. The third-order valence-corrected chi connectivity index (χ3v) is 2.33. The van der Waals surface area contributed by atoms with Crippen LogP contribution in [0.4, 0.5) is 5.95 Å². The lowest BCUT2D eigenvalue weighted by Gasteiger charge is -2.05. The largest absolute Gasteiger partial charge is 0.478 e. The Hall–Kier alpha value is -2.02. The van der Waals surface area contributed by atoms with E-state index < -0.39 is 5.97 Å². The molecule has 16 heavy (non-hydrogen) atoms. The Kier molecular flexibility index (Phi) is 2.53. The maximum Gasteiger partial charge on any atom is 0.335 e. The molecule has 2 aromatic rings. The summed E-state index contributed by atoms with van der Waals surface area (Å²) in [6.45, 7) is 0. The first-order chi connectivity index (χ1) is 7.59. The van der Waals surface area contributed by atoms with Gasteiger partial charge in [0, 0.05) is 0 Å². The Balaban J connectivity index is 2.46. The first-order valence-electron chi connectivity index (χ1n) is 4.33. The predicted octanol–water partition coefficient (Wildman–Crippen LogP) is 0.836. The summed E-state index contributed by atoms with van der Waals surface area (Å²) >= 11 is 4.09. The zero-order valence-electron chi connectivity index (χ0n) is 8.03. The summed E-state index contributed by atoms with van der Waals surface area (Å²) in [6.07, 6.45) is 0. The Bertz CT molecular complexity index is 515. The highest BCUT2D eigenvalue weighted by Gasteiger charge is 2.09. The van der Waals surface area contributed by atoms with Crippen LogP contribution < -0.4 is 5.73 Å². The average molecular weight is 236 g/mol. The summed E-state index contributed by atoms with van der Waals surface area (Å²) in [5.41, 5.74) is 6.46. The lowest BCUT2D eigenvalue weighted by molar-refractivity contribution is 0.0697. The summed E-state index contributed by atoms with van der Waals surface area (Å²) in [5.74, 6) is -0.776. The van der Waals surface area contributed by atoms with E-state index in [1.54, 1.807) is 12.1 Å². The molecule has 0 aliphatic rings. The van der Waals surface area contributed by atoms with Crippen LogP contribution in [0.3, 0.4) is 0 Å². The van der Waals surface area contributed by atoms with Gasteiger partial charge in [-0.1, -0.05) is 0 Å². The Labute approximate surface area is 96.1 Å². The molecule has 0 bridgehead atoms. The Morgan fingerprint density at radius 1 is 1.31 bits per heavy atom. The molecule has 0 spiro atoms. The van der Waals surface area contributed by atoms with Gasteiger partial charge < -0.3 is 10.8 Å². The third kappa shape index (κ3) is 1.72. The Morgan fingerprint density at radius 2 is 1.94 bits per heavy atom. The van der Waals surface area contributed by atoms with Crippen molar-refractivity contribution in [2.24, 2.45) is 0 Å². The number of hydrogen-bond donors (Lipinski definition) is 3. The fourth-order valence-electron chi connectivity index (χ4n) is 1.29. The molecule has 0 amide bonds. The zero-order chi connectivity index (χ0) is 11.7. The van der Waals surface area contributed by atoms with Crippen molar-refractivity contribution in [3.63, 3.8) is 0 Å². The molecule has 1 heterocycles.